The fourth-order valence-corrected chi connectivity index (χ4v) is 6.41. The summed E-state index contributed by atoms with van der Waals surface area (Å²) in [7, 11) is -3.65. The van der Waals surface area contributed by atoms with Gasteiger partial charge in [0.15, 0.2) is 5.69 Å². The number of fused-ring (bicyclic) bond motifs is 2. The van der Waals surface area contributed by atoms with Gasteiger partial charge in [-0.1, -0.05) is 17.7 Å². The smallest absolute Gasteiger partial charge is 0.335 e. The predicted molar refractivity (Wildman–Crippen MR) is 140 cm³/mol. The molecule has 0 spiro atoms. The summed E-state index contributed by atoms with van der Waals surface area (Å²) in [5.74, 6) is -0.384. The fourth-order valence-electron chi connectivity index (χ4n) is 5.26. The molecule has 0 unspecified atom stereocenters. The van der Waals surface area contributed by atoms with Crippen molar-refractivity contribution in [2.45, 2.75) is 64.8 Å². The molecule has 1 aromatic heterocycles. The number of sulfonamides is 1. The van der Waals surface area contributed by atoms with Crippen molar-refractivity contribution < 1.29 is 26.4 Å². The Morgan fingerprint density at radius 2 is 1.84 bits per heavy atom. The molecule has 2 heterocycles. The highest BCUT2D eigenvalue weighted by Gasteiger charge is 2.40. The van der Waals surface area contributed by atoms with Crippen LogP contribution in [0.1, 0.15) is 49.2 Å². The summed E-state index contributed by atoms with van der Waals surface area (Å²) >= 11 is 6.24. The summed E-state index contributed by atoms with van der Waals surface area (Å²) in [6, 6.07) is 5.07. The van der Waals surface area contributed by atoms with Crippen LogP contribution in [0, 0.1) is 0 Å². The first-order chi connectivity index (χ1) is 17.8. The van der Waals surface area contributed by atoms with Gasteiger partial charge in [0.1, 0.15) is 6.54 Å². The van der Waals surface area contributed by atoms with Gasteiger partial charge in [-0.05, 0) is 57.2 Å². The fraction of sp³-hybridized carbons (Fsp3) is 0.600. The van der Waals surface area contributed by atoms with E-state index >= 15 is 0 Å². The van der Waals surface area contributed by atoms with Crippen molar-refractivity contribution in [2.24, 2.45) is 0 Å². The van der Waals surface area contributed by atoms with Gasteiger partial charge < -0.3 is 4.90 Å². The van der Waals surface area contributed by atoms with Crippen molar-refractivity contribution in [3.8, 4) is 0 Å². The van der Waals surface area contributed by atoms with Crippen molar-refractivity contribution in [2.75, 3.05) is 36.7 Å². The van der Waals surface area contributed by atoms with Crippen LogP contribution < -0.4 is 4.31 Å². The zero-order valence-electron chi connectivity index (χ0n) is 21.8. The summed E-state index contributed by atoms with van der Waals surface area (Å²) in [6.45, 7) is 5.55. The highest BCUT2D eigenvalue weighted by molar-refractivity contribution is 7.92. The molecule has 1 amide bonds. The van der Waals surface area contributed by atoms with E-state index in [2.05, 4.69) is 10.00 Å². The maximum absolute atomic E-state index is 13.6. The van der Waals surface area contributed by atoms with Crippen molar-refractivity contribution in [1.29, 1.82) is 0 Å². The molecular weight excluding hydrogens is 543 g/mol. The monoisotopic (exact) mass is 575 g/mol. The lowest BCUT2D eigenvalue weighted by Crippen LogP contribution is -2.42. The van der Waals surface area contributed by atoms with Crippen molar-refractivity contribution in [3.05, 3.63) is 45.7 Å². The Hall–Kier alpha value is -2.31. The van der Waals surface area contributed by atoms with Gasteiger partial charge in [-0.25, -0.2) is 8.42 Å². The molecular formula is C25H33ClF3N5O3S. The van der Waals surface area contributed by atoms with Crippen LogP contribution in [0.3, 0.4) is 0 Å². The van der Waals surface area contributed by atoms with Crippen molar-refractivity contribution in [3.63, 3.8) is 0 Å². The second-order valence-electron chi connectivity index (χ2n) is 10.2. The molecule has 1 aromatic carbocycles. The van der Waals surface area contributed by atoms with E-state index in [1.54, 1.807) is 23.1 Å². The quantitative estimate of drug-likeness (QED) is 0.552. The Kier molecular flexibility index (Phi) is 8.34. The molecule has 0 fully saturated rings. The Morgan fingerprint density at radius 1 is 1.11 bits per heavy atom. The van der Waals surface area contributed by atoms with Gasteiger partial charge in [0, 0.05) is 55.0 Å². The molecule has 8 nitrogen and oxygen atoms in total. The third kappa shape index (κ3) is 6.28. The predicted octanol–water partition coefficient (Wildman–Crippen LogP) is 3.95. The van der Waals surface area contributed by atoms with Crippen LogP contribution in [0.2, 0.25) is 5.02 Å². The molecule has 0 N–H and O–H groups in total. The van der Waals surface area contributed by atoms with E-state index in [1.165, 1.54) is 8.99 Å². The van der Waals surface area contributed by atoms with Gasteiger partial charge in [0.2, 0.25) is 15.9 Å². The number of carbonyl (C=O) groups excluding carboxylic acids is 1. The number of hydrogen-bond acceptors (Lipinski definition) is 5. The van der Waals surface area contributed by atoms with Gasteiger partial charge in [0.05, 0.1) is 11.9 Å². The van der Waals surface area contributed by atoms with Crippen LogP contribution in [-0.4, -0.2) is 72.4 Å². The number of anilines is 1. The molecule has 0 saturated heterocycles. The number of benzene rings is 1. The molecule has 38 heavy (non-hydrogen) atoms. The minimum atomic E-state index is -4.58. The van der Waals surface area contributed by atoms with E-state index in [1.807, 2.05) is 13.8 Å². The number of aromatic nitrogens is 2. The average Bonchev–Trinajstić information content (AvgIpc) is 3.39. The van der Waals surface area contributed by atoms with Crippen LogP contribution in [0.4, 0.5) is 18.9 Å². The van der Waals surface area contributed by atoms with Crippen LogP contribution >= 0.6 is 11.6 Å². The summed E-state index contributed by atoms with van der Waals surface area (Å²) in [6.07, 6.45) is -1.55. The highest BCUT2D eigenvalue weighted by atomic mass is 35.5. The third-order valence-electron chi connectivity index (χ3n) is 7.18. The largest absolute Gasteiger partial charge is 0.435 e. The molecule has 2 aromatic rings. The molecule has 1 aliphatic heterocycles. The van der Waals surface area contributed by atoms with Crippen LogP contribution in [0.25, 0.3) is 0 Å². The Morgan fingerprint density at radius 3 is 2.50 bits per heavy atom. The second kappa shape index (κ2) is 11.1. The van der Waals surface area contributed by atoms with E-state index in [-0.39, 0.29) is 37.1 Å². The number of rotatable bonds is 4. The van der Waals surface area contributed by atoms with Gasteiger partial charge >= 0.3 is 6.18 Å². The number of hydrogen-bond donors (Lipinski definition) is 0. The second-order valence-corrected chi connectivity index (χ2v) is 12.5. The summed E-state index contributed by atoms with van der Waals surface area (Å²) in [4.78, 5) is 17.4. The SMILES string of the molecule is CC(C)N1CCCN(S(C)(=O)=O)c2cc(Cl)ccc2CN(C(=O)Cn2nc(C(F)(F)F)c3c2CCC3)CC1. The van der Waals surface area contributed by atoms with E-state index in [0.29, 0.717) is 67.3 Å². The number of halogens is 4. The molecule has 4 rings (SSSR count). The molecule has 13 heteroatoms. The van der Waals surface area contributed by atoms with E-state index in [9.17, 15) is 26.4 Å². The van der Waals surface area contributed by atoms with Crippen molar-refractivity contribution in [1.82, 2.24) is 19.6 Å². The number of carbonyl (C=O) groups is 1. The van der Waals surface area contributed by atoms with E-state index in [4.69, 9.17) is 11.6 Å². The van der Waals surface area contributed by atoms with Crippen LogP contribution in [0.5, 0.6) is 0 Å². The molecule has 0 atom stereocenters. The zero-order valence-corrected chi connectivity index (χ0v) is 23.3. The molecule has 0 bridgehead atoms. The number of alkyl halides is 3. The minimum absolute atomic E-state index is 0.0822. The Balaban J connectivity index is 1.70. The van der Waals surface area contributed by atoms with Crippen LogP contribution in [-0.2, 0) is 46.9 Å². The minimum Gasteiger partial charge on any atom is -0.335 e. The number of nitrogens with zero attached hydrogens (tertiary/aromatic N) is 5. The van der Waals surface area contributed by atoms with Crippen LogP contribution in [0.15, 0.2) is 18.2 Å². The number of amides is 1. The van der Waals surface area contributed by atoms with Gasteiger partial charge in [0.25, 0.3) is 0 Å². The third-order valence-corrected chi connectivity index (χ3v) is 8.60. The maximum atomic E-state index is 13.6. The zero-order chi connectivity index (χ0) is 27.8. The Labute approximate surface area is 226 Å². The van der Waals surface area contributed by atoms with E-state index in [0.717, 1.165) is 6.26 Å². The lowest BCUT2D eigenvalue weighted by atomic mass is 10.1. The van der Waals surface area contributed by atoms with Gasteiger partial charge in [-0.15, -0.1) is 0 Å². The first-order valence-electron chi connectivity index (χ1n) is 12.7. The molecule has 210 valence electrons. The van der Waals surface area contributed by atoms with Gasteiger partial charge in [-0.3, -0.25) is 18.7 Å². The lowest BCUT2D eigenvalue weighted by molar-refractivity contribution is -0.142. The van der Waals surface area contributed by atoms with Crippen molar-refractivity contribution >= 4 is 33.2 Å². The topological polar surface area (TPSA) is 78.8 Å². The van der Waals surface area contributed by atoms with Gasteiger partial charge in [-0.2, -0.15) is 18.3 Å². The summed E-state index contributed by atoms with van der Waals surface area (Å²) < 4.78 is 68.8. The molecule has 2 aliphatic rings. The molecule has 1 aliphatic carbocycles. The van der Waals surface area contributed by atoms with E-state index < -0.39 is 21.9 Å². The Bertz CT molecular complexity index is 1300. The summed E-state index contributed by atoms with van der Waals surface area (Å²) in [5.41, 5.74) is 0.716. The first kappa shape index (κ1) is 28.7. The maximum Gasteiger partial charge on any atom is 0.435 e. The normalized spacial score (nSPS) is 17.9. The molecule has 0 radical (unpaired) electrons. The highest BCUT2D eigenvalue weighted by Crippen LogP contribution is 2.36. The summed E-state index contributed by atoms with van der Waals surface area (Å²) in [5, 5.41) is 4.16. The average molecular weight is 576 g/mol. The first-order valence-corrected chi connectivity index (χ1v) is 14.9. The molecule has 0 saturated carbocycles. The standard InChI is InChI=1S/C25H33ClF3N5O3S/c1-17(2)31-10-5-11-34(38(3,36)37)22-14-19(26)9-8-18(22)15-32(13-12-31)23(35)16-33-21-7-4-6-20(21)24(30-33)25(27,28)29/h8-9,14,17H,4-7,10-13,15-16H2,1-3H3. The lowest BCUT2D eigenvalue weighted by Gasteiger charge is -2.30.